The molecule has 0 saturated heterocycles. The number of allylic oxidation sites excluding steroid dienone is 1. The standard InChI is InChI=1S/C15H14N2.2C2H6/c16-14(12-7-3-1-4-8-12)11-15(17)13-9-5-2-6-10-13;2*1-2/h1-11,16H,17H2;2*1-2H3/b15-11-,16-14?;;. The van der Waals surface area contributed by atoms with Crippen molar-refractivity contribution in [3.05, 3.63) is 77.9 Å². The summed E-state index contributed by atoms with van der Waals surface area (Å²) in [6.45, 7) is 8.00. The van der Waals surface area contributed by atoms with Gasteiger partial charge in [0.1, 0.15) is 0 Å². The van der Waals surface area contributed by atoms with E-state index in [1.165, 1.54) is 0 Å². The molecule has 0 aliphatic carbocycles. The quantitative estimate of drug-likeness (QED) is 0.755. The van der Waals surface area contributed by atoms with E-state index in [-0.39, 0.29) is 0 Å². The van der Waals surface area contributed by atoms with Gasteiger partial charge in [-0.2, -0.15) is 0 Å². The Morgan fingerprint density at radius 2 is 1.14 bits per heavy atom. The molecule has 0 unspecified atom stereocenters. The summed E-state index contributed by atoms with van der Waals surface area (Å²) in [6.07, 6.45) is 1.69. The van der Waals surface area contributed by atoms with Crippen molar-refractivity contribution < 1.29 is 0 Å². The zero-order valence-electron chi connectivity index (χ0n) is 13.4. The normalized spacial score (nSPS) is 9.62. The topological polar surface area (TPSA) is 49.9 Å². The molecule has 0 aliphatic heterocycles. The molecule has 3 N–H and O–H groups in total. The molecule has 2 heteroatoms. The van der Waals surface area contributed by atoms with Crippen LogP contribution in [0.25, 0.3) is 5.70 Å². The summed E-state index contributed by atoms with van der Waals surface area (Å²) < 4.78 is 0. The second kappa shape index (κ2) is 11.5. The zero-order chi connectivity index (χ0) is 16.1. The molecule has 0 heterocycles. The molecule has 0 aromatic heterocycles. The fourth-order valence-corrected chi connectivity index (χ4v) is 1.57. The van der Waals surface area contributed by atoms with E-state index in [2.05, 4.69) is 0 Å². The highest BCUT2D eigenvalue weighted by atomic mass is 14.6. The Labute approximate surface area is 128 Å². The van der Waals surface area contributed by atoms with Gasteiger partial charge in [-0.1, -0.05) is 88.4 Å². The molecule has 0 saturated carbocycles. The van der Waals surface area contributed by atoms with Crippen molar-refractivity contribution in [2.24, 2.45) is 5.73 Å². The van der Waals surface area contributed by atoms with Crippen LogP contribution in [0.5, 0.6) is 0 Å². The van der Waals surface area contributed by atoms with Gasteiger partial charge < -0.3 is 11.1 Å². The predicted molar refractivity (Wildman–Crippen MR) is 94.6 cm³/mol. The number of hydrogen-bond acceptors (Lipinski definition) is 2. The van der Waals surface area contributed by atoms with Gasteiger partial charge in [-0.05, 0) is 17.2 Å². The number of hydrogen-bond donors (Lipinski definition) is 2. The molecule has 0 amide bonds. The average molecular weight is 282 g/mol. The SMILES string of the molecule is CC.CC.N=C(/C=C(\N)c1ccccc1)c1ccccc1. The molecule has 112 valence electrons. The molecule has 0 fully saturated rings. The van der Waals surface area contributed by atoms with E-state index < -0.39 is 0 Å². The molecule has 0 atom stereocenters. The summed E-state index contributed by atoms with van der Waals surface area (Å²) in [5, 5.41) is 7.95. The summed E-state index contributed by atoms with van der Waals surface area (Å²) in [6, 6.07) is 19.2. The first kappa shape index (κ1) is 18.6. The van der Waals surface area contributed by atoms with E-state index in [0.717, 1.165) is 11.1 Å². The highest BCUT2D eigenvalue weighted by Gasteiger charge is 2.00. The Balaban J connectivity index is 0.000000921. The third-order valence-corrected chi connectivity index (χ3v) is 2.49. The maximum atomic E-state index is 7.95. The van der Waals surface area contributed by atoms with Gasteiger partial charge in [0.05, 0.1) is 5.71 Å². The number of benzene rings is 2. The van der Waals surface area contributed by atoms with Crippen LogP contribution in [0, 0.1) is 5.41 Å². The van der Waals surface area contributed by atoms with Crippen LogP contribution in [0.15, 0.2) is 66.7 Å². The maximum Gasteiger partial charge on any atom is 0.0632 e. The van der Waals surface area contributed by atoms with E-state index in [0.29, 0.717) is 11.4 Å². The van der Waals surface area contributed by atoms with Crippen LogP contribution in [0.3, 0.4) is 0 Å². The Bertz CT molecular complexity index is 528. The maximum absolute atomic E-state index is 7.95. The van der Waals surface area contributed by atoms with Crippen LogP contribution in [-0.2, 0) is 0 Å². The van der Waals surface area contributed by atoms with Gasteiger partial charge in [0.15, 0.2) is 0 Å². The minimum absolute atomic E-state index is 0.423. The third-order valence-electron chi connectivity index (χ3n) is 2.49. The second-order valence-corrected chi connectivity index (χ2v) is 3.75. The fraction of sp³-hybridized carbons (Fsp3) is 0.211. The highest BCUT2D eigenvalue weighted by Crippen LogP contribution is 2.10. The van der Waals surface area contributed by atoms with Crippen LogP contribution in [0.4, 0.5) is 0 Å². The van der Waals surface area contributed by atoms with Crippen molar-refractivity contribution in [3.8, 4) is 0 Å². The second-order valence-electron chi connectivity index (χ2n) is 3.75. The van der Waals surface area contributed by atoms with Crippen molar-refractivity contribution in [2.75, 3.05) is 0 Å². The molecule has 2 aromatic carbocycles. The molecule has 0 aliphatic rings. The van der Waals surface area contributed by atoms with Gasteiger partial charge in [-0.15, -0.1) is 0 Å². The van der Waals surface area contributed by atoms with Crippen molar-refractivity contribution in [1.29, 1.82) is 5.41 Å². The minimum Gasteiger partial charge on any atom is -0.398 e. The Kier molecular flexibility index (Phi) is 10.2. The lowest BCUT2D eigenvalue weighted by Gasteiger charge is -2.03. The van der Waals surface area contributed by atoms with E-state index in [1.807, 2.05) is 88.4 Å². The van der Waals surface area contributed by atoms with E-state index in [1.54, 1.807) is 6.08 Å². The van der Waals surface area contributed by atoms with Crippen molar-refractivity contribution in [1.82, 2.24) is 0 Å². The van der Waals surface area contributed by atoms with Gasteiger partial charge in [0.2, 0.25) is 0 Å². The first-order valence-corrected chi connectivity index (χ1v) is 7.44. The average Bonchev–Trinajstić information content (AvgIpc) is 2.60. The monoisotopic (exact) mass is 282 g/mol. The largest absolute Gasteiger partial charge is 0.398 e. The lowest BCUT2D eigenvalue weighted by molar-refractivity contribution is 1.47. The fourth-order valence-electron chi connectivity index (χ4n) is 1.57. The van der Waals surface area contributed by atoms with Crippen LogP contribution in [0.1, 0.15) is 38.8 Å². The van der Waals surface area contributed by atoms with Gasteiger partial charge in [0.25, 0.3) is 0 Å². The molecular formula is C19H26N2. The van der Waals surface area contributed by atoms with Gasteiger partial charge in [-0.25, -0.2) is 0 Å². The van der Waals surface area contributed by atoms with Crippen LogP contribution < -0.4 is 5.73 Å². The number of nitrogens with one attached hydrogen (secondary N) is 1. The van der Waals surface area contributed by atoms with Crippen molar-refractivity contribution in [3.63, 3.8) is 0 Å². The smallest absolute Gasteiger partial charge is 0.0632 e. The molecule has 0 radical (unpaired) electrons. The van der Waals surface area contributed by atoms with Gasteiger partial charge >= 0.3 is 0 Å². The first-order valence-electron chi connectivity index (χ1n) is 7.44. The van der Waals surface area contributed by atoms with Crippen molar-refractivity contribution in [2.45, 2.75) is 27.7 Å². The van der Waals surface area contributed by atoms with Crippen LogP contribution in [0.2, 0.25) is 0 Å². The summed E-state index contributed by atoms with van der Waals surface area (Å²) in [5.74, 6) is 0. The van der Waals surface area contributed by atoms with E-state index >= 15 is 0 Å². The Morgan fingerprint density at radius 3 is 1.57 bits per heavy atom. The van der Waals surface area contributed by atoms with Gasteiger partial charge in [0, 0.05) is 5.70 Å². The summed E-state index contributed by atoms with van der Waals surface area (Å²) in [4.78, 5) is 0. The summed E-state index contributed by atoms with van der Waals surface area (Å²) in [7, 11) is 0. The minimum atomic E-state index is 0.423. The molecule has 21 heavy (non-hydrogen) atoms. The van der Waals surface area contributed by atoms with Crippen LogP contribution >= 0.6 is 0 Å². The first-order chi connectivity index (χ1) is 10.3. The van der Waals surface area contributed by atoms with Crippen LogP contribution in [-0.4, -0.2) is 5.71 Å². The molecule has 2 aromatic rings. The molecule has 2 nitrogen and oxygen atoms in total. The molecule has 2 rings (SSSR count). The number of rotatable bonds is 3. The van der Waals surface area contributed by atoms with Gasteiger partial charge in [-0.3, -0.25) is 0 Å². The summed E-state index contributed by atoms with van der Waals surface area (Å²) >= 11 is 0. The number of nitrogens with two attached hydrogens (primary N) is 1. The third kappa shape index (κ3) is 6.57. The predicted octanol–water partition coefficient (Wildman–Crippen LogP) is 5.11. The van der Waals surface area contributed by atoms with E-state index in [9.17, 15) is 0 Å². The highest BCUT2D eigenvalue weighted by molar-refractivity contribution is 6.09. The molecule has 0 spiro atoms. The Hall–Kier alpha value is -2.35. The lowest BCUT2D eigenvalue weighted by atomic mass is 10.1. The Morgan fingerprint density at radius 1 is 0.762 bits per heavy atom. The molecule has 0 bridgehead atoms. The van der Waals surface area contributed by atoms with Crippen molar-refractivity contribution >= 4 is 11.4 Å². The van der Waals surface area contributed by atoms with E-state index in [4.69, 9.17) is 11.1 Å². The lowest BCUT2D eigenvalue weighted by Crippen LogP contribution is -2.02. The molecular weight excluding hydrogens is 256 g/mol. The zero-order valence-corrected chi connectivity index (χ0v) is 13.4. The summed E-state index contributed by atoms with van der Waals surface area (Å²) in [5.41, 5.74) is 8.79.